The van der Waals surface area contributed by atoms with E-state index in [4.69, 9.17) is 11.6 Å². The molecule has 16 heavy (non-hydrogen) atoms. The summed E-state index contributed by atoms with van der Waals surface area (Å²) in [4.78, 5) is 5.62. The number of alkyl halides is 1. The maximum Gasteiger partial charge on any atom is 0.193 e. The first-order valence-corrected chi connectivity index (χ1v) is 7.02. The summed E-state index contributed by atoms with van der Waals surface area (Å²) < 4.78 is 2.08. The Labute approximate surface area is 105 Å². The smallest absolute Gasteiger partial charge is 0.193 e. The summed E-state index contributed by atoms with van der Waals surface area (Å²) in [6.07, 6.45) is 7.23. The van der Waals surface area contributed by atoms with Crippen molar-refractivity contribution < 1.29 is 0 Å². The molecule has 1 unspecified atom stereocenters. The molecule has 0 aliphatic rings. The largest absolute Gasteiger partial charge is 0.297 e. The van der Waals surface area contributed by atoms with E-state index in [9.17, 15) is 0 Å². The van der Waals surface area contributed by atoms with Gasteiger partial charge >= 0.3 is 0 Å². The van der Waals surface area contributed by atoms with E-state index in [-0.39, 0.29) is 5.38 Å². The van der Waals surface area contributed by atoms with Gasteiger partial charge in [-0.25, -0.2) is 4.98 Å². The minimum absolute atomic E-state index is 0.278. The number of imidazole rings is 1. The van der Waals surface area contributed by atoms with Crippen LogP contribution in [0.15, 0.2) is 17.8 Å². The van der Waals surface area contributed by atoms with Crippen LogP contribution in [0.25, 0.3) is 4.96 Å². The molecule has 0 aromatic carbocycles. The van der Waals surface area contributed by atoms with Crippen molar-refractivity contribution in [2.24, 2.45) is 5.92 Å². The fourth-order valence-corrected chi connectivity index (χ4v) is 3.01. The van der Waals surface area contributed by atoms with Crippen molar-refractivity contribution >= 4 is 27.9 Å². The van der Waals surface area contributed by atoms with Crippen LogP contribution in [0.1, 0.15) is 32.4 Å². The van der Waals surface area contributed by atoms with E-state index < -0.39 is 0 Å². The van der Waals surface area contributed by atoms with Gasteiger partial charge in [-0.3, -0.25) is 4.40 Å². The predicted octanol–water partition coefficient (Wildman–Crippen LogP) is 3.98. The molecular weight excluding hydrogens is 240 g/mol. The van der Waals surface area contributed by atoms with E-state index in [2.05, 4.69) is 34.8 Å². The van der Waals surface area contributed by atoms with E-state index in [1.807, 2.05) is 6.20 Å². The second-order valence-electron chi connectivity index (χ2n) is 4.59. The average molecular weight is 257 g/mol. The quantitative estimate of drug-likeness (QED) is 0.740. The normalized spacial score (nSPS) is 13.8. The van der Waals surface area contributed by atoms with E-state index in [0.717, 1.165) is 29.9 Å². The van der Waals surface area contributed by atoms with Crippen LogP contribution in [0.4, 0.5) is 0 Å². The van der Waals surface area contributed by atoms with Gasteiger partial charge in [0.15, 0.2) is 4.96 Å². The number of halogens is 1. The lowest BCUT2D eigenvalue weighted by Gasteiger charge is -2.10. The number of hydrogen-bond acceptors (Lipinski definition) is 2. The van der Waals surface area contributed by atoms with Crippen LogP contribution in [-0.4, -0.2) is 14.8 Å². The molecule has 2 heterocycles. The molecule has 0 aliphatic heterocycles. The Balaban J connectivity index is 1.88. The van der Waals surface area contributed by atoms with Crippen LogP contribution >= 0.6 is 22.9 Å². The molecule has 0 fully saturated rings. The molecule has 0 N–H and O–H groups in total. The highest BCUT2D eigenvalue weighted by atomic mass is 35.5. The number of aryl methyl sites for hydroxylation is 1. The first-order chi connectivity index (χ1) is 7.65. The Kier molecular flexibility index (Phi) is 3.87. The molecule has 2 aromatic rings. The molecule has 88 valence electrons. The average Bonchev–Trinajstić information content (AvgIpc) is 2.72. The molecule has 0 amide bonds. The van der Waals surface area contributed by atoms with Gasteiger partial charge in [0, 0.05) is 23.2 Å². The van der Waals surface area contributed by atoms with Crippen LogP contribution in [0.3, 0.4) is 0 Å². The fourth-order valence-electron chi connectivity index (χ4n) is 1.83. The van der Waals surface area contributed by atoms with Crippen LogP contribution < -0.4 is 0 Å². The molecule has 0 radical (unpaired) electrons. The second-order valence-corrected chi connectivity index (χ2v) is 6.08. The summed E-state index contributed by atoms with van der Waals surface area (Å²) in [5, 5.41) is 2.33. The van der Waals surface area contributed by atoms with E-state index in [1.54, 1.807) is 11.3 Å². The lowest BCUT2D eigenvalue weighted by atomic mass is 10.0. The summed E-state index contributed by atoms with van der Waals surface area (Å²) in [7, 11) is 0. The number of thiazole rings is 1. The summed E-state index contributed by atoms with van der Waals surface area (Å²) in [6.45, 7) is 4.42. The lowest BCUT2D eigenvalue weighted by molar-refractivity contribution is 0.543. The first-order valence-electron chi connectivity index (χ1n) is 5.70. The Hall–Kier alpha value is -0.540. The highest BCUT2D eigenvalue weighted by Crippen LogP contribution is 2.18. The van der Waals surface area contributed by atoms with Crippen molar-refractivity contribution in [2.45, 2.75) is 38.5 Å². The number of aromatic nitrogens is 2. The topological polar surface area (TPSA) is 17.3 Å². The maximum atomic E-state index is 6.27. The zero-order valence-electron chi connectivity index (χ0n) is 9.69. The molecule has 0 bridgehead atoms. The molecule has 1 atom stereocenters. The summed E-state index contributed by atoms with van der Waals surface area (Å²) in [6, 6.07) is 0. The van der Waals surface area contributed by atoms with Crippen LogP contribution in [-0.2, 0) is 6.42 Å². The van der Waals surface area contributed by atoms with Crippen LogP contribution in [0.5, 0.6) is 0 Å². The second kappa shape index (κ2) is 5.19. The molecule has 2 nitrogen and oxygen atoms in total. The Morgan fingerprint density at radius 1 is 1.50 bits per heavy atom. The molecule has 0 aliphatic carbocycles. The van der Waals surface area contributed by atoms with E-state index in [1.165, 1.54) is 0 Å². The molecule has 0 saturated carbocycles. The number of hydrogen-bond donors (Lipinski definition) is 0. The van der Waals surface area contributed by atoms with Crippen molar-refractivity contribution in [1.29, 1.82) is 0 Å². The van der Waals surface area contributed by atoms with Gasteiger partial charge in [-0.1, -0.05) is 13.8 Å². The fraction of sp³-hybridized carbons (Fsp3) is 0.583. The zero-order valence-corrected chi connectivity index (χ0v) is 11.3. The van der Waals surface area contributed by atoms with E-state index in [0.29, 0.717) is 5.92 Å². The van der Waals surface area contributed by atoms with Crippen molar-refractivity contribution in [3.8, 4) is 0 Å². The van der Waals surface area contributed by atoms with Gasteiger partial charge in [0.1, 0.15) is 0 Å². The third kappa shape index (κ3) is 2.98. The third-order valence-corrected chi connectivity index (χ3v) is 3.75. The number of nitrogens with zero attached hydrogens (tertiary/aromatic N) is 2. The van der Waals surface area contributed by atoms with Crippen molar-refractivity contribution in [3.63, 3.8) is 0 Å². The van der Waals surface area contributed by atoms with Crippen LogP contribution in [0.2, 0.25) is 0 Å². The SMILES string of the molecule is CC(C)CC(Cl)CCc1cn2ccsc2n1. The maximum absolute atomic E-state index is 6.27. The van der Waals surface area contributed by atoms with Crippen molar-refractivity contribution in [1.82, 2.24) is 9.38 Å². The molecule has 2 aromatic heterocycles. The van der Waals surface area contributed by atoms with E-state index >= 15 is 0 Å². The van der Waals surface area contributed by atoms with Gasteiger partial charge in [-0.05, 0) is 25.2 Å². The minimum Gasteiger partial charge on any atom is -0.297 e. The van der Waals surface area contributed by atoms with Gasteiger partial charge in [-0.2, -0.15) is 0 Å². The first kappa shape index (κ1) is 11.9. The van der Waals surface area contributed by atoms with Crippen LogP contribution in [0, 0.1) is 5.92 Å². The number of rotatable bonds is 5. The molecule has 4 heteroatoms. The van der Waals surface area contributed by atoms with Gasteiger partial charge in [-0.15, -0.1) is 22.9 Å². The highest BCUT2D eigenvalue weighted by Gasteiger charge is 2.09. The minimum atomic E-state index is 0.278. The third-order valence-electron chi connectivity index (χ3n) is 2.58. The summed E-state index contributed by atoms with van der Waals surface area (Å²) in [5.41, 5.74) is 1.15. The van der Waals surface area contributed by atoms with Crippen molar-refractivity contribution in [3.05, 3.63) is 23.5 Å². The highest BCUT2D eigenvalue weighted by molar-refractivity contribution is 7.15. The Morgan fingerprint density at radius 2 is 2.31 bits per heavy atom. The molecule has 0 saturated heterocycles. The standard InChI is InChI=1S/C12H17ClN2S/c1-9(2)7-10(13)3-4-11-8-15-5-6-16-12(15)14-11/h5-6,8-10H,3-4,7H2,1-2H3. The molecular formula is C12H17ClN2S. The predicted molar refractivity (Wildman–Crippen MR) is 70.5 cm³/mol. The van der Waals surface area contributed by atoms with Gasteiger partial charge in [0.05, 0.1) is 5.69 Å². The molecule has 2 rings (SSSR count). The lowest BCUT2D eigenvalue weighted by Crippen LogP contribution is -2.05. The van der Waals surface area contributed by atoms with Crippen molar-refractivity contribution in [2.75, 3.05) is 0 Å². The Morgan fingerprint density at radius 3 is 3.00 bits per heavy atom. The molecule has 0 spiro atoms. The van der Waals surface area contributed by atoms with Gasteiger partial charge in [0.25, 0.3) is 0 Å². The van der Waals surface area contributed by atoms with Gasteiger partial charge in [0.2, 0.25) is 0 Å². The zero-order chi connectivity index (χ0) is 11.5. The summed E-state index contributed by atoms with van der Waals surface area (Å²) >= 11 is 7.94. The Bertz CT molecular complexity index is 418. The monoisotopic (exact) mass is 256 g/mol. The summed E-state index contributed by atoms with van der Waals surface area (Å²) in [5.74, 6) is 0.674. The number of fused-ring (bicyclic) bond motifs is 1. The van der Waals surface area contributed by atoms with Gasteiger partial charge < -0.3 is 0 Å².